The Kier molecular flexibility index (Phi) is 1.74. The average Bonchev–Trinajstić information content (AvgIpc) is 2.29. The molecule has 0 fully saturated rings. The summed E-state index contributed by atoms with van der Waals surface area (Å²) in [7, 11) is 0. The first-order valence-electron chi connectivity index (χ1n) is 3.56. The number of hydrogen-bond acceptors (Lipinski definition) is 2. The molecule has 0 bridgehead atoms. The molecule has 1 N–H and O–H groups in total. The number of fused-ring (bicyclic) bond motifs is 1. The van der Waals surface area contributed by atoms with E-state index in [1.165, 1.54) is 0 Å². The zero-order valence-corrected chi connectivity index (χ0v) is 8.04. The van der Waals surface area contributed by atoms with Crippen LogP contribution in [0.25, 0.3) is 10.1 Å². The van der Waals surface area contributed by atoms with E-state index in [2.05, 4.69) is 0 Å². The summed E-state index contributed by atoms with van der Waals surface area (Å²) in [6.07, 6.45) is 0. The summed E-state index contributed by atoms with van der Waals surface area (Å²) in [6, 6.07) is 5.63. The first-order valence-corrected chi connectivity index (χ1v) is 4.76. The van der Waals surface area contributed by atoms with Crippen molar-refractivity contribution in [3.63, 3.8) is 0 Å². The number of aryl methyl sites for hydroxylation is 1. The lowest BCUT2D eigenvalue weighted by Gasteiger charge is -1.93. The monoisotopic (exact) mass is 198 g/mol. The molecule has 1 aromatic heterocycles. The average molecular weight is 199 g/mol. The predicted molar refractivity (Wildman–Crippen MR) is 53.2 cm³/mol. The lowest BCUT2D eigenvalue weighted by atomic mass is 10.2. The molecule has 1 heterocycles. The van der Waals surface area contributed by atoms with Crippen molar-refractivity contribution in [3.05, 3.63) is 28.1 Å². The first kappa shape index (κ1) is 7.90. The van der Waals surface area contributed by atoms with Crippen LogP contribution in [0.15, 0.2) is 18.2 Å². The second-order valence-corrected chi connectivity index (χ2v) is 4.28. The van der Waals surface area contributed by atoms with Gasteiger partial charge in [-0.3, -0.25) is 0 Å². The molecule has 12 heavy (non-hydrogen) atoms. The summed E-state index contributed by atoms with van der Waals surface area (Å²) in [5.74, 6) is 0.320. The molecule has 0 aliphatic rings. The normalized spacial score (nSPS) is 10.8. The third-order valence-corrected chi connectivity index (χ3v) is 3.18. The minimum Gasteiger partial charge on any atom is -0.506 e. The zero-order valence-electron chi connectivity index (χ0n) is 6.47. The Morgan fingerprint density at radius 2 is 2.17 bits per heavy atom. The van der Waals surface area contributed by atoms with Crippen molar-refractivity contribution in [2.24, 2.45) is 0 Å². The third kappa shape index (κ3) is 0.993. The molecule has 0 amide bonds. The van der Waals surface area contributed by atoms with Crippen LogP contribution < -0.4 is 0 Å². The molecule has 2 aromatic rings. The lowest BCUT2D eigenvalue weighted by molar-refractivity contribution is 0.480. The molecule has 3 heteroatoms. The van der Waals surface area contributed by atoms with E-state index in [4.69, 9.17) is 11.6 Å². The Labute approximate surface area is 79.2 Å². The number of thiophene rings is 1. The van der Waals surface area contributed by atoms with Crippen LogP contribution in [-0.2, 0) is 0 Å². The molecule has 0 spiro atoms. The summed E-state index contributed by atoms with van der Waals surface area (Å²) in [6.45, 7) is 1.89. The van der Waals surface area contributed by atoms with Gasteiger partial charge >= 0.3 is 0 Å². The van der Waals surface area contributed by atoms with Gasteiger partial charge in [0.1, 0.15) is 5.75 Å². The first-order chi connectivity index (χ1) is 5.70. The molecular weight excluding hydrogens is 192 g/mol. The highest BCUT2D eigenvalue weighted by Crippen LogP contribution is 2.39. The molecule has 2 rings (SSSR count). The minimum atomic E-state index is 0.320. The van der Waals surface area contributed by atoms with Crippen molar-refractivity contribution in [3.8, 4) is 5.75 Å². The van der Waals surface area contributed by atoms with Crippen molar-refractivity contribution in [2.75, 3.05) is 0 Å². The molecule has 0 saturated carbocycles. The maximum atomic E-state index is 9.61. The van der Waals surface area contributed by atoms with Crippen LogP contribution in [0.1, 0.15) is 4.88 Å². The van der Waals surface area contributed by atoms with Crippen LogP contribution in [0, 0.1) is 6.92 Å². The number of rotatable bonds is 0. The molecular formula is C9H7ClOS. The fraction of sp³-hybridized carbons (Fsp3) is 0.111. The van der Waals surface area contributed by atoms with Gasteiger partial charge in [0.05, 0.1) is 10.4 Å². The van der Waals surface area contributed by atoms with E-state index in [1.54, 1.807) is 17.4 Å². The number of halogens is 1. The van der Waals surface area contributed by atoms with Gasteiger partial charge in [-0.2, -0.15) is 0 Å². The van der Waals surface area contributed by atoms with Crippen LogP contribution in [0.3, 0.4) is 0 Å². The van der Waals surface area contributed by atoms with E-state index in [1.807, 2.05) is 19.1 Å². The number of hydrogen-bond donors (Lipinski definition) is 1. The standard InChI is InChI=1S/C9H7ClOS/c1-5-9(11)8-6(10)3-2-4-7(8)12-5/h2-4,11H,1H3. The number of benzene rings is 1. The van der Waals surface area contributed by atoms with Gasteiger partial charge in [0.25, 0.3) is 0 Å². The Morgan fingerprint density at radius 3 is 2.83 bits per heavy atom. The van der Waals surface area contributed by atoms with Crippen LogP contribution in [-0.4, -0.2) is 5.11 Å². The van der Waals surface area contributed by atoms with Crippen molar-refractivity contribution < 1.29 is 5.11 Å². The molecule has 0 aliphatic heterocycles. The highest BCUT2D eigenvalue weighted by Gasteiger charge is 2.09. The van der Waals surface area contributed by atoms with E-state index < -0.39 is 0 Å². The zero-order chi connectivity index (χ0) is 8.72. The van der Waals surface area contributed by atoms with Crippen LogP contribution in [0.5, 0.6) is 5.75 Å². The van der Waals surface area contributed by atoms with Crippen molar-refractivity contribution in [1.82, 2.24) is 0 Å². The highest BCUT2D eigenvalue weighted by atomic mass is 35.5. The minimum absolute atomic E-state index is 0.320. The van der Waals surface area contributed by atoms with E-state index >= 15 is 0 Å². The van der Waals surface area contributed by atoms with Gasteiger partial charge in [0, 0.05) is 9.58 Å². The van der Waals surface area contributed by atoms with Gasteiger partial charge in [-0.25, -0.2) is 0 Å². The molecule has 0 radical (unpaired) electrons. The van der Waals surface area contributed by atoms with Gasteiger partial charge in [-0.15, -0.1) is 11.3 Å². The highest BCUT2D eigenvalue weighted by molar-refractivity contribution is 7.19. The number of aromatic hydroxyl groups is 1. The van der Waals surface area contributed by atoms with Gasteiger partial charge in [-0.05, 0) is 19.1 Å². The Morgan fingerprint density at radius 1 is 1.42 bits per heavy atom. The maximum Gasteiger partial charge on any atom is 0.138 e. The van der Waals surface area contributed by atoms with Crippen molar-refractivity contribution >= 4 is 33.0 Å². The van der Waals surface area contributed by atoms with E-state index in [0.717, 1.165) is 15.0 Å². The maximum absolute atomic E-state index is 9.61. The SMILES string of the molecule is Cc1sc2cccc(Cl)c2c1O. The Hall–Kier alpha value is -0.730. The lowest BCUT2D eigenvalue weighted by Crippen LogP contribution is -1.66. The molecule has 0 aliphatic carbocycles. The summed E-state index contributed by atoms with van der Waals surface area (Å²) in [5.41, 5.74) is 0. The Bertz CT molecular complexity index is 433. The van der Waals surface area contributed by atoms with Crippen LogP contribution in [0.4, 0.5) is 0 Å². The van der Waals surface area contributed by atoms with E-state index in [9.17, 15) is 5.11 Å². The molecule has 0 unspecified atom stereocenters. The Balaban J connectivity index is 2.97. The van der Waals surface area contributed by atoms with Gasteiger partial charge in [-0.1, -0.05) is 17.7 Å². The molecule has 62 valence electrons. The van der Waals surface area contributed by atoms with Gasteiger partial charge in [0.15, 0.2) is 0 Å². The molecule has 0 saturated heterocycles. The third-order valence-electron chi connectivity index (χ3n) is 1.81. The topological polar surface area (TPSA) is 20.2 Å². The second kappa shape index (κ2) is 2.64. The van der Waals surface area contributed by atoms with E-state index in [-0.39, 0.29) is 0 Å². The summed E-state index contributed by atoms with van der Waals surface area (Å²) >= 11 is 7.48. The molecule has 1 aromatic carbocycles. The van der Waals surface area contributed by atoms with Crippen LogP contribution >= 0.6 is 22.9 Å². The molecule has 0 atom stereocenters. The van der Waals surface area contributed by atoms with E-state index in [0.29, 0.717) is 10.8 Å². The van der Waals surface area contributed by atoms with Crippen molar-refractivity contribution in [2.45, 2.75) is 6.92 Å². The largest absolute Gasteiger partial charge is 0.506 e. The van der Waals surface area contributed by atoms with Gasteiger partial charge < -0.3 is 5.11 Å². The fourth-order valence-electron chi connectivity index (χ4n) is 1.21. The predicted octanol–water partition coefficient (Wildman–Crippen LogP) is 3.57. The summed E-state index contributed by atoms with van der Waals surface area (Å²) in [4.78, 5) is 0.915. The smallest absolute Gasteiger partial charge is 0.138 e. The molecule has 1 nitrogen and oxygen atoms in total. The second-order valence-electron chi connectivity index (χ2n) is 2.62. The fourth-order valence-corrected chi connectivity index (χ4v) is 2.51. The van der Waals surface area contributed by atoms with Crippen molar-refractivity contribution in [1.29, 1.82) is 0 Å². The van der Waals surface area contributed by atoms with Gasteiger partial charge in [0.2, 0.25) is 0 Å². The quantitative estimate of drug-likeness (QED) is 0.686. The van der Waals surface area contributed by atoms with Crippen LogP contribution in [0.2, 0.25) is 5.02 Å². The summed E-state index contributed by atoms with van der Waals surface area (Å²) < 4.78 is 1.04. The summed E-state index contributed by atoms with van der Waals surface area (Å²) in [5, 5.41) is 11.0.